The Bertz CT molecular complexity index is 702. The zero-order valence-electron chi connectivity index (χ0n) is 14.7. The average molecular weight is 326 g/mol. The van der Waals surface area contributed by atoms with Crippen molar-refractivity contribution in [2.24, 2.45) is 0 Å². The molecule has 2 heterocycles. The smallest absolute Gasteiger partial charge is 0.224 e. The number of fused-ring (bicyclic) bond motifs is 1. The van der Waals surface area contributed by atoms with Gasteiger partial charge in [-0.2, -0.15) is 4.98 Å². The number of nitrogens with zero attached hydrogens (tertiary/aromatic N) is 3. The van der Waals surface area contributed by atoms with Crippen LogP contribution < -0.4 is 10.2 Å². The topological polar surface area (TPSA) is 61.3 Å². The molecule has 0 aliphatic carbocycles. The highest BCUT2D eigenvalue weighted by atomic mass is 16.3. The summed E-state index contributed by atoms with van der Waals surface area (Å²) in [5.74, 6) is 1.65. The zero-order valence-corrected chi connectivity index (χ0v) is 14.7. The maximum atomic E-state index is 9.74. The van der Waals surface area contributed by atoms with Crippen LogP contribution >= 0.6 is 0 Å². The van der Waals surface area contributed by atoms with Crippen LogP contribution in [0.4, 0.5) is 11.8 Å². The van der Waals surface area contributed by atoms with Crippen molar-refractivity contribution in [2.45, 2.75) is 52.3 Å². The molecular weight excluding hydrogens is 300 g/mol. The first-order valence-electron chi connectivity index (χ1n) is 8.71. The van der Waals surface area contributed by atoms with E-state index in [9.17, 15) is 5.11 Å². The number of aliphatic hydroxyl groups is 1. The first-order valence-corrected chi connectivity index (χ1v) is 8.71. The molecule has 5 nitrogen and oxygen atoms in total. The van der Waals surface area contributed by atoms with Crippen molar-refractivity contribution in [3.05, 3.63) is 47.2 Å². The van der Waals surface area contributed by atoms with Crippen molar-refractivity contribution in [3.63, 3.8) is 0 Å². The summed E-state index contributed by atoms with van der Waals surface area (Å²) in [6, 6.07) is 8.61. The highest BCUT2D eigenvalue weighted by Crippen LogP contribution is 2.26. The Hall–Kier alpha value is -2.14. The van der Waals surface area contributed by atoms with Crippen LogP contribution in [0.3, 0.4) is 0 Å². The molecule has 2 atom stereocenters. The second-order valence-electron chi connectivity index (χ2n) is 6.57. The van der Waals surface area contributed by atoms with Crippen molar-refractivity contribution in [2.75, 3.05) is 16.8 Å². The molecule has 128 valence electrons. The fourth-order valence-electron chi connectivity index (χ4n) is 2.95. The van der Waals surface area contributed by atoms with E-state index in [4.69, 9.17) is 0 Å². The molecule has 1 aliphatic rings. The lowest BCUT2D eigenvalue weighted by Crippen LogP contribution is -2.31. The number of rotatable bonds is 5. The van der Waals surface area contributed by atoms with E-state index >= 15 is 0 Å². The van der Waals surface area contributed by atoms with Crippen LogP contribution in [0.15, 0.2) is 30.5 Å². The molecule has 24 heavy (non-hydrogen) atoms. The van der Waals surface area contributed by atoms with E-state index in [2.05, 4.69) is 46.2 Å². The Kier molecular flexibility index (Phi) is 5.00. The second-order valence-corrected chi connectivity index (χ2v) is 6.57. The fourth-order valence-corrected chi connectivity index (χ4v) is 2.95. The largest absolute Gasteiger partial charge is 0.389 e. The lowest BCUT2D eigenvalue weighted by molar-refractivity contribution is 0.199. The molecule has 0 radical (unpaired) electrons. The molecule has 0 bridgehead atoms. The summed E-state index contributed by atoms with van der Waals surface area (Å²) in [5.41, 5.74) is 3.63. The fraction of sp³-hybridized carbons (Fsp3) is 0.474. The van der Waals surface area contributed by atoms with E-state index in [0.717, 1.165) is 37.3 Å². The van der Waals surface area contributed by atoms with Crippen LogP contribution in [-0.4, -0.2) is 27.7 Å². The number of aliphatic hydroxyl groups excluding tert-OH is 1. The Morgan fingerprint density at radius 3 is 2.83 bits per heavy atom. The van der Waals surface area contributed by atoms with Gasteiger partial charge < -0.3 is 15.3 Å². The molecule has 1 aromatic heterocycles. The summed E-state index contributed by atoms with van der Waals surface area (Å²) < 4.78 is 0. The summed E-state index contributed by atoms with van der Waals surface area (Å²) in [6.07, 6.45) is 3.41. The van der Waals surface area contributed by atoms with Gasteiger partial charge in [-0.05, 0) is 49.4 Å². The van der Waals surface area contributed by atoms with E-state index in [1.54, 1.807) is 0 Å². The highest BCUT2D eigenvalue weighted by molar-refractivity contribution is 5.47. The van der Waals surface area contributed by atoms with Crippen LogP contribution in [-0.2, 0) is 13.0 Å². The van der Waals surface area contributed by atoms with Gasteiger partial charge in [-0.25, -0.2) is 4.98 Å². The van der Waals surface area contributed by atoms with E-state index in [1.807, 2.05) is 25.3 Å². The minimum Gasteiger partial charge on any atom is -0.389 e. The summed E-state index contributed by atoms with van der Waals surface area (Å²) in [4.78, 5) is 11.3. The minimum atomic E-state index is -0.413. The molecule has 5 heteroatoms. The van der Waals surface area contributed by atoms with Crippen LogP contribution in [0.1, 0.15) is 50.0 Å². The van der Waals surface area contributed by atoms with Crippen LogP contribution in [0.5, 0.6) is 0 Å². The molecule has 2 aromatic rings. The summed E-state index contributed by atoms with van der Waals surface area (Å²) in [7, 11) is 0. The Morgan fingerprint density at radius 1 is 1.25 bits per heavy atom. The van der Waals surface area contributed by atoms with Crippen molar-refractivity contribution in [3.8, 4) is 0 Å². The van der Waals surface area contributed by atoms with Crippen LogP contribution in [0.2, 0.25) is 0 Å². The van der Waals surface area contributed by atoms with E-state index in [0.29, 0.717) is 12.0 Å². The van der Waals surface area contributed by atoms with Gasteiger partial charge in [0.25, 0.3) is 0 Å². The molecule has 1 aromatic carbocycles. The van der Waals surface area contributed by atoms with Gasteiger partial charge in [0.2, 0.25) is 5.95 Å². The molecule has 0 saturated carbocycles. The maximum Gasteiger partial charge on any atom is 0.224 e. The van der Waals surface area contributed by atoms with Gasteiger partial charge in [-0.1, -0.05) is 25.1 Å². The normalized spacial score (nSPS) is 16.4. The SMILES string of the molecule is CC[C@H](C)Nc1nccc(N2CCc3cc([C@@H](C)O)ccc3C2)n1. The molecule has 0 saturated heterocycles. The van der Waals surface area contributed by atoms with Gasteiger partial charge in [0.1, 0.15) is 5.82 Å². The Morgan fingerprint density at radius 2 is 2.08 bits per heavy atom. The predicted octanol–water partition coefficient (Wildman–Crippen LogP) is 3.30. The zero-order chi connectivity index (χ0) is 17.1. The molecule has 2 N–H and O–H groups in total. The Balaban J connectivity index is 1.77. The summed E-state index contributed by atoms with van der Waals surface area (Å²) in [5, 5.41) is 13.1. The summed E-state index contributed by atoms with van der Waals surface area (Å²) >= 11 is 0. The number of anilines is 2. The first kappa shape index (κ1) is 16.7. The molecule has 1 aliphatic heterocycles. The van der Waals surface area contributed by atoms with Gasteiger partial charge in [0, 0.05) is 25.3 Å². The second kappa shape index (κ2) is 7.18. The van der Waals surface area contributed by atoms with Gasteiger partial charge in [0.05, 0.1) is 6.10 Å². The third kappa shape index (κ3) is 3.67. The van der Waals surface area contributed by atoms with Crippen molar-refractivity contribution >= 4 is 11.8 Å². The number of hydrogen-bond acceptors (Lipinski definition) is 5. The van der Waals surface area contributed by atoms with Crippen molar-refractivity contribution in [1.82, 2.24) is 9.97 Å². The number of nitrogens with one attached hydrogen (secondary N) is 1. The summed E-state index contributed by atoms with van der Waals surface area (Å²) in [6.45, 7) is 7.85. The lowest BCUT2D eigenvalue weighted by atomic mass is 9.96. The molecule has 0 amide bonds. The number of aromatic nitrogens is 2. The molecular formula is C19H26N4O. The molecule has 0 spiro atoms. The molecule has 3 rings (SSSR count). The van der Waals surface area contributed by atoms with Gasteiger partial charge in [-0.3, -0.25) is 0 Å². The van der Waals surface area contributed by atoms with E-state index in [-0.39, 0.29) is 0 Å². The highest BCUT2D eigenvalue weighted by Gasteiger charge is 2.19. The van der Waals surface area contributed by atoms with E-state index in [1.165, 1.54) is 11.1 Å². The third-order valence-electron chi connectivity index (χ3n) is 4.68. The van der Waals surface area contributed by atoms with E-state index < -0.39 is 6.10 Å². The quantitative estimate of drug-likeness (QED) is 0.883. The minimum absolute atomic E-state index is 0.362. The number of hydrogen-bond donors (Lipinski definition) is 2. The maximum absolute atomic E-state index is 9.74. The van der Waals surface area contributed by atoms with Crippen LogP contribution in [0, 0.1) is 0 Å². The van der Waals surface area contributed by atoms with Gasteiger partial charge in [-0.15, -0.1) is 0 Å². The first-order chi connectivity index (χ1) is 11.6. The van der Waals surface area contributed by atoms with Gasteiger partial charge in [0.15, 0.2) is 0 Å². The predicted molar refractivity (Wildman–Crippen MR) is 97.2 cm³/mol. The number of benzene rings is 1. The average Bonchev–Trinajstić information content (AvgIpc) is 2.60. The van der Waals surface area contributed by atoms with Crippen molar-refractivity contribution in [1.29, 1.82) is 0 Å². The van der Waals surface area contributed by atoms with Gasteiger partial charge >= 0.3 is 0 Å². The van der Waals surface area contributed by atoms with Crippen molar-refractivity contribution < 1.29 is 5.11 Å². The standard InChI is InChI=1S/C19H26N4O/c1-4-13(2)21-19-20-9-7-18(22-19)23-10-8-16-11-15(14(3)24)5-6-17(16)12-23/h5-7,9,11,13-14,24H,4,8,10,12H2,1-3H3,(H,20,21,22)/t13-,14+/m0/s1. The molecule has 0 unspecified atom stereocenters. The Labute approximate surface area is 143 Å². The third-order valence-corrected chi connectivity index (χ3v) is 4.68. The monoisotopic (exact) mass is 326 g/mol. The van der Waals surface area contributed by atoms with Crippen LogP contribution in [0.25, 0.3) is 0 Å². The molecule has 0 fully saturated rings. The lowest BCUT2D eigenvalue weighted by Gasteiger charge is -2.30.